The number of carbonyl (C=O) groups is 1. The van der Waals surface area contributed by atoms with E-state index in [4.69, 9.17) is 23.4 Å². The van der Waals surface area contributed by atoms with Gasteiger partial charge in [-0.05, 0) is 23.8 Å². The molecule has 0 aliphatic carbocycles. The van der Waals surface area contributed by atoms with Gasteiger partial charge >= 0.3 is 0 Å². The van der Waals surface area contributed by atoms with Gasteiger partial charge < -0.3 is 33.2 Å². The summed E-state index contributed by atoms with van der Waals surface area (Å²) in [7, 11) is 4.68. The molecule has 1 aliphatic rings. The molecule has 3 aromatic carbocycles. The summed E-state index contributed by atoms with van der Waals surface area (Å²) < 4.78 is 28.8. The molecule has 38 heavy (non-hydrogen) atoms. The quantitative estimate of drug-likeness (QED) is 0.276. The minimum Gasteiger partial charge on any atom is -0.493 e. The second kappa shape index (κ2) is 9.37. The van der Waals surface area contributed by atoms with Crippen LogP contribution in [0.25, 0.3) is 21.9 Å². The lowest BCUT2D eigenvalue weighted by Crippen LogP contribution is -2.29. The Balaban J connectivity index is 1.41. The van der Waals surface area contributed by atoms with E-state index in [1.54, 1.807) is 32.5 Å². The van der Waals surface area contributed by atoms with Crippen LogP contribution in [0.4, 0.5) is 5.69 Å². The fourth-order valence-corrected chi connectivity index (χ4v) is 5.32. The van der Waals surface area contributed by atoms with E-state index in [0.29, 0.717) is 47.4 Å². The van der Waals surface area contributed by atoms with E-state index in [2.05, 4.69) is 11.9 Å². The monoisotopic (exact) mass is 512 g/mol. The molecule has 194 valence electrons. The number of rotatable bonds is 7. The third-order valence-electron chi connectivity index (χ3n) is 7.09. The molecule has 8 heteroatoms. The van der Waals surface area contributed by atoms with Crippen LogP contribution in [0.3, 0.4) is 0 Å². The summed E-state index contributed by atoms with van der Waals surface area (Å²) in [5, 5.41) is 1.68. The van der Waals surface area contributed by atoms with Crippen molar-refractivity contribution in [2.75, 3.05) is 32.8 Å². The number of anilines is 1. The molecular weight excluding hydrogens is 484 g/mol. The first kappa shape index (κ1) is 23.8. The van der Waals surface area contributed by atoms with E-state index in [9.17, 15) is 4.79 Å². The molecule has 0 fully saturated rings. The van der Waals surface area contributed by atoms with Crippen molar-refractivity contribution in [1.29, 1.82) is 0 Å². The molecule has 0 spiro atoms. The number of amides is 1. The zero-order chi connectivity index (χ0) is 26.4. The van der Waals surface area contributed by atoms with E-state index < -0.39 is 0 Å². The number of aromatic nitrogens is 1. The van der Waals surface area contributed by atoms with Gasteiger partial charge in [-0.1, -0.05) is 37.3 Å². The number of hydrogen-bond acceptors (Lipinski definition) is 6. The van der Waals surface area contributed by atoms with Crippen LogP contribution in [0.1, 0.15) is 34.5 Å². The Kier molecular flexibility index (Phi) is 5.87. The van der Waals surface area contributed by atoms with Gasteiger partial charge in [0.05, 0.1) is 44.2 Å². The van der Waals surface area contributed by atoms with E-state index >= 15 is 0 Å². The first-order chi connectivity index (χ1) is 18.5. The Morgan fingerprint density at radius 1 is 1.00 bits per heavy atom. The van der Waals surface area contributed by atoms with Crippen molar-refractivity contribution in [3.8, 4) is 23.0 Å². The van der Waals surface area contributed by atoms with Gasteiger partial charge in [0.15, 0.2) is 11.5 Å². The van der Waals surface area contributed by atoms with Gasteiger partial charge in [-0.3, -0.25) is 4.79 Å². The Hall–Kier alpha value is -4.59. The summed E-state index contributed by atoms with van der Waals surface area (Å²) in [6.45, 7) is 3.03. The van der Waals surface area contributed by atoms with E-state index in [1.807, 2.05) is 54.6 Å². The summed E-state index contributed by atoms with van der Waals surface area (Å²) in [5.41, 5.74) is 4.69. The van der Waals surface area contributed by atoms with Gasteiger partial charge in [-0.2, -0.15) is 0 Å². The molecule has 0 saturated carbocycles. The van der Waals surface area contributed by atoms with Crippen LogP contribution < -0.4 is 23.8 Å². The Labute approximate surface area is 219 Å². The van der Waals surface area contributed by atoms with Gasteiger partial charge in [0.2, 0.25) is 5.75 Å². The zero-order valence-corrected chi connectivity index (χ0v) is 21.7. The lowest BCUT2D eigenvalue weighted by atomic mass is 10.0. The highest BCUT2D eigenvalue weighted by molar-refractivity contribution is 6.11. The minimum atomic E-state index is -0.160. The number of carbonyl (C=O) groups excluding carboxylic acids is 1. The molecule has 8 nitrogen and oxygen atoms in total. The molecule has 3 heterocycles. The number of furan rings is 1. The number of aromatic amines is 1. The normalized spacial score (nSPS) is 14.6. The number of hydrogen-bond donors (Lipinski definition) is 1. The lowest BCUT2D eigenvalue weighted by Gasteiger charge is -2.18. The third-order valence-corrected chi connectivity index (χ3v) is 7.09. The first-order valence-corrected chi connectivity index (χ1v) is 12.4. The number of nitrogens with zero attached hydrogens (tertiary/aromatic N) is 1. The largest absolute Gasteiger partial charge is 0.493 e. The van der Waals surface area contributed by atoms with Crippen LogP contribution >= 0.6 is 0 Å². The molecular formula is C30H28N2O6. The van der Waals surface area contributed by atoms with Crippen LogP contribution in [-0.2, 0) is 6.61 Å². The molecule has 6 rings (SSSR count). The Bertz CT molecular complexity index is 1650. The maximum Gasteiger partial charge on any atom is 0.274 e. The topological polar surface area (TPSA) is 86.2 Å². The highest BCUT2D eigenvalue weighted by Crippen LogP contribution is 2.47. The predicted octanol–water partition coefficient (Wildman–Crippen LogP) is 6.28. The summed E-state index contributed by atoms with van der Waals surface area (Å²) in [6, 6.07) is 17.5. The van der Waals surface area contributed by atoms with Crippen molar-refractivity contribution in [2.45, 2.75) is 19.4 Å². The summed E-state index contributed by atoms with van der Waals surface area (Å²) in [5.74, 6) is 2.07. The maximum absolute atomic E-state index is 13.9. The second-order valence-electron chi connectivity index (χ2n) is 9.35. The molecule has 1 atom stereocenters. The standard InChI is InChI=1S/C30H28N2O6/c1-17-15-32(30(33)21-12-19-13-24(34-2)28(35-3)29(36-4)26(19)31-21)22-14-23(20-10-11-37-27(20)25(17)22)38-16-18-8-6-5-7-9-18/h5-14,17,31H,15-16H2,1-4H3/t17-/m1/s1. The van der Waals surface area contributed by atoms with Crippen molar-refractivity contribution in [2.24, 2.45) is 0 Å². The van der Waals surface area contributed by atoms with Crippen molar-refractivity contribution >= 4 is 33.5 Å². The Morgan fingerprint density at radius 3 is 2.53 bits per heavy atom. The fraction of sp³-hybridized carbons (Fsp3) is 0.233. The number of fused-ring (bicyclic) bond motifs is 4. The molecule has 0 bridgehead atoms. The van der Waals surface area contributed by atoms with E-state index in [0.717, 1.165) is 33.2 Å². The minimum absolute atomic E-state index is 0.0878. The molecule has 1 N–H and O–H groups in total. The van der Waals surface area contributed by atoms with Crippen LogP contribution in [-0.4, -0.2) is 38.8 Å². The maximum atomic E-state index is 13.9. The lowest BCUT2D eigenvalue weighted by molar-refractivity contribution is 0.0984. The summed E-state index contributed by atoms with van der Waals surface area (Å²) in [6.07, 6.45) is 1.67. The Morgan fingerprint density at radius 2 is 1.79 bits per heavy atom. The predicted molar refractivity (Wildman–Crippen MR) is 145 cm³/mol. The van der Waals surface area contributed by atoms with Crippen LogP contribution in [0.2, 0.25) is 0 Å². The van der Waals surface area contributed by atoms with Crippen molar-refractivity contribution in [3.63, 3.8) is 0 Å². The van der Waals surface area contributed by atoms with Crippen LogP contribution in [0, 0.1) is 0 Å². The third kappa shape index (κ3) is 3.72. The van der Waals surface area contributed by atoms with Gasteiger partial charge in [0.1, 0.15) is 23.6 Å². The zero-order valence-electron chi connectivity index (χ0n) is 21.7. The summed E-state index contributed by atoms with van der Waals surface area (Å²) in [4.78, 5) is 18.9. The molecule has 0 saturated heterocycles. The molecule has 5 aromatic rings. The SMILES string of the molecule is COc1cc2cc(C(=O)N3C[C@@H](C)c4c3cc(OCc3ccccc3)c3ccoc43)[nH]c2c(OC)c1OC. The molecule has 0 radical (unpaired) electrons. The molecule has 1 amide bonds. The van der Waals surface area contributed by atoms with E-state index in [-0.39, 0.29) is 11.8 Å². The molecule has 2 aromatic heterocycles. The average Bonchev–Trinajstić information content (AvgIpc) is 3.67. The number of nitrogens with one attached hydrogen (secondary N) is 1. The first-order valence-electron chi connectivity index (χ1n) is 12.4. The van der Waals surface area contributed by atoms with Gasteiger partial charge in [0, 0.05) is 29.5 Å². The van der Waals surface area contributed by atoms with Crippen molar-refractivity contribution in [1.82, 2.24) is 4.98 Å². The fourth-order valence-electron chi connectivity index (χ4n) is 5.32. The molecule has 0 unspecified atom stereocenters. The van der Waals surface area contributed by atoms with Gasteiger partial charge in [0.25, 0.3) is 5.91 Å². The summed E-state index contributed by atoms with van der Waals surface area (Å²) >= 11 is 0. The average molecular weight is 513 g/mol. The smallest absolute Gasteiger partial charge is 0.274 e. The second-order valence-corrected chi connectivity index (χ2v) is 9.35. The van der Waals surface area contributed by atoms with Crippen LogP contribution in [0.15, 0.2) is 65.3 Å². The van der Waals surface area contributed by atoms with Crippen LogP contribution in [0.5, 0.6) is 23.0 Å². The van der Waals surface area contributed by atoms with Crippen molar-refractivity contribution in [3.05, 3.63) is 77.7 Å². The highest BCUT2D eigenvalue weighted by atomic mass is 16.5. The molecule has 1 aliphatic heterocycles. The number of ether oxygens (including phenoxy) is 4. The van der Waals surface area contributed by atoms with E-state index in [1.165, 1.54) is 0 Å². The van der Waals surface area contributed by atoms with Gasteiger partial charge in [-0.15, -0.1) is 0 Å². The number of methoxy groups -OCH3 is 3. The van der Waals surface area contributed by atoms with Gasteiger partial charge in [-0.25, -0.2) is 0 Å². The number of H-pyrrole nitrogens is 1. The highest BCUT2D eigenvalue weighted by Gasteiger charge is 2.35. The van der Waals surface area contributed by atoms with Crippen molar-refractivity contribution < 1.29 is 28.2 Å². The number of benzene rings is 3.